The Balaban J connectivity index is 1.57. The molecule has 1 saturated heterocycles. The number of ether oxygens (including phenoxy) is 2. The standard InChI is InChI=1S/C18H26N5O4P/c1-5-25-28(4,24)7-18-6-10(18)12(13-14(18)27-17(2,3)26-13)23-9-22-11-15(19)20-8-21-16(11)23/h8-10,12-14H,5-7H2,1-4H3,(H2,19,20,21)/t10-,12-,13+,14+,18+,28?/m1/s1. The Hall–Kier alpha value is -1.54. The van der Waals surface area contributed by atoms with Gasteiger partial charge in [0, 0.05) is 18.2 Å². The molecule has 2 aromatic rings. The first-order valence-corrected chi connectivity index (χ1v) is 11.9. The van der Waals surface area contributed by atoms with Gasteiger partial charge in [0.15, 0.2) is 17.3 Å². The smallest absolute Gasteiger partial charge is 0.200 e. The molecule has 5 rings (SSSR count). The van der Waals surface area contributed by atoms with Crippen LogP contribution in [0.1, 0.15) is 33.2 Å². The van der Waals surface area contributed by atoms with Crippen LogP contribution in [0.15, 0.2) is 12.7 Å². The van der Waals surface area contributed by atoms with Crippen LogP contribution in [0.2, 0.25) is 0 Å². The highest BCUT2D eigenvalue weighted by Crippen LogP contribution is 2.75. The topological polar surface area (TPSA) is 114 Å². The normalized spacial score (nSPS) is 37.6. The molecule has 2 N–H and O–H groups in total. The van der Waals surface area contributed by atoms with Gasteiger partial charge in [0.2, 0.25) is 7.37 Å². The fourth-order valence-corrected chi connectivity index (χ4v) is 7.67. The molecule has 0 spiro atoms. The molecule has 3 heterocycles. The summed E-state index contributed by atoms with van der Waals surface area (Å²) in [5.41, 5.74) is 7.04. The van der Waals surface area contributed by atoms with Gasteiger partial charge in [-0.25, -0.2) is 15.0 Å². The molecule has 1 aliphatic heterocycles. The third-order valence-electron chi connectivity index (χ3n) is 6.31. The van der Waals surface area contributed by atoms with E-state index in [-0.39, 0.29) is 29.6 Å². The maximum Gasteiger partial charge on any atom is 0.200 e. The molecular weight excluding hydrogens is 381 g/mol. The minimum Gasteiger partial charge on any atom is -0.382 e. The molecule has 6 atom stereocenters. The summed E-state index contributed by atoms with van der Waals surface area (Å²) < 4.78 is 33.3. The molecule has 2 aromatic heterocycles. The van der Waals surface area contributed by atoms with E-state index in [4.69, 9.17) is 19.7 Å². The number of nitrogens with zero attached hydrogens (tertiary/aromatic N) is 4. The van der Waals surface area contributed by atoms with E-state index >= 15 is 0 Å². The number of fused-ring (bicyclic) bond motifs is 4. The predicted molar refractivity (Wildman–Crippen MR) is 103 cm³/mol. The summed E-state index contributed by atoms with van der Waals surface area (Å²) in [6, 6.07) is -0.00676. The Kier molecular flexibility index (Phi) is 3.80. The van der Waals surface area contributed by atoms with Crippen LogP contribution in [0.25, 0.3) is 11.2 Å². The molecule has 10 heteroatoms. The van der Waals surface area contributed by atoms with Gasteiger partial charge in [-0.2, -0.15) is 0 Å². The van der Waals surface area contributed by atoms with E-state index in [9.17, 15) is 4.57 Å². The van der Waals surface area contributed by atoms with Gasteiger partial charge < -0.3 is 24.3 Å². The molecule has 2 saturated carbocycles. The zero-order valence-electron chi connectivity index (χ0n) is 16.5. The van der Waals surface area contributed by atoms with Gasteiger partial charge in [-0.3, -0.25) is 4.57 Å². The van der Waals surface area contributed by atoms with Crippen LogP contribution < -0.4 is 5.73 Å². The zero-order valence-corrected chi connectivity index (χ0v) is 17.4. The first kappa shape index (κ1) is 18.5. The monoisotopic (exact) mass is 407 g/mol. The van der Waals surface area contributed by atoms with Crippen LogP contribution in [0, 0.1) is 11.3 Å². The Morgan fingerprint density at radius 2 is 2.14 bits per heavy atom. The summed E-state index contributed by atoms with van der Waals surface area (Å²) >= 11 is 0. The molecule has 3 fully saturated rings. The molecular formula is C18H26N5O4P. The van der Waals surface area contributed by atoms with E-state index in [0.29, 0.717) is 29.8 Å². The molecule has 9 nitrogen and oxygen atoms in total. The number of imidazole rings is 1. The Morgan fingerprint density at radius 3 is 2.89 bits per heavy atom. The van der Waals surface area contributed by atoms with Crippen LogP contribution in [0.4, 0.5) is 5.82 Å². The maximum absolute atomic E-state index is 13.0. The van der Waals surface area contributed by atoms with Crippen molar-refractivity contribution in [1.82, 2.24) is 19.5 Å². The number of nitrogen functional groups attached to an aromatic ring is 1. The minimum absolute atomic E-state index is 0.00676. The van der Waals surface area contributed by atoms with Crippen LogP contribution in [-0.4, -0.2) is 56.9 Å². The number of hydrogen-bond donors (Lipinski definition) is 1. The highest BCUT2D eigenvalue weighted by atomic mass is 31.2. The lowest BCUT2D eigenvalue weighted by atomic mass is 10.0. The van der Waals surface area contributed by atoms with Crippen molar-refractivity contribution < 1.29 is 18.6 Å². The highest BCUT2D eigenvalue weighted by molar-refractivity contribution is 7.58. The van der Waals surface area contributed by atoms with E-state index < -0.39 is 13.2 Å². The van der Waals surface area contributed by atoms with Crippen molar-refractivity contribution in [1.29, 1.82) is 0 Å². The Labute approximate surface area is 163 Å². The zero-order chi connectivity index (χ0) is 19.9. The largest absolute Gasteiger partial charge is 0.382 e. The third-order valence-corrected chi connectivity index (χ3v) is 8.28. The van der Waals surface area contributed by atoms with Gasteiger partial charge in [-0.05, 0) is 33.1 Å². The number of rotatable bonds is 5. The minimum atomic E-state index is -2.72. The summed E-state index contributed by atoms with van der Waals surface area (Å²) in [6.07, 6.45) is 4.33. The van der Waals surface area contributed by atoms with Crippen molar-refractivity contribution in [3.8, 4) is 0 Å². The van der Waals surface area contributed by atoms with Crippen molar-refractivity contribution >= 4 is 24.4 Å². The summed E-state index contributed by atoms with van der Waals surface area (Å²) in [5, 5.41) is 0. The van der Waals surface area contributed by atoms with E-state index in [1.54, 1.807) is 13.0 Å². The summed E-state index contributed by atoms with van der Waals surface area (Å²) in [7, 11) is -2.72. The first-order valence-electron chi connectivity index (χ1n) is 9.67. The van der Waals surface area contributed by atoms with E-state index in [0.717, 1.165) is 6.42 Å². The average molecular weight is 407 g/mol. The lowest BCUT2D eigenvalue weighted by molar-refractivity contribution is -0.160. The highest BCUT2D eigenvalue weighted by Gasteiger charge is 2.76. The van der Waals surface area contributed by atoms with Crippen LogP contribution >= 0.6 is 7.37 Å². The van der Waals surface area contributed by atoms with Gasteiger partial charge in [-0.15, -0.1) is 0 Å². The third kappa shape index (κ3) is 2.56. The van der Waals surface area contributed by atoms with Crippen LogP contribution in [-0.2, 0) is 18.6 Å². The molecule has 0 bridgehead atoms. The molecule has 2 aliphatic carbocycles. The van der Waals surface area contributed by atoms with Crippen LogP contribution in [0.5, 0.6) is 0 Å². The van der Waals surface area contributed by atoms with Gasteiger partial charge in [0.25, 0.3) is 0 Å². The maximum atomic E-state index is 13.0. The summed E-state index contributed by atoms with van der Waals surface area (Å²) in [4.78, 5) is 12.9. The lowest BCUT2D eigenvalue weighted by Gasteiger charge is -2.25. The van der Waals surface area contributed by atoms with Crippen molar-refractivity contribution in [3.63, 3.8) is 0 Å². The van der Waals surface area contributed by atoms with Crippen molar-refractivity contribution in [2.24, 2.45) is 11.3 Å². The SMILES string of the molecule is CCOP(C)(=O)C[C@@]12C[C@@H]1[C@@H](n1cnc3c(N)ncnc31)[C@@H]1OC(C)(C)O[C@@H]12. The molecule has 1 unspecified atom stereocenters. The summed E-state index contributed by atoms with van der Waals surface area (Å²) in [5.74, 6) is -0.0679. The van der Waals surface area contributed by atoms with Crippen molar-refractivity contribution in [2.45, 2.75) is 51.2 Å². The van der Waals surface area contributed by atoms with Gasteiger partial charge in [0.1, 0.15) is 17.9 Å². The molecule has 28 heavy (non-hydrogen) atoms. The van der Waals surface area contributed by atoms with Gasteiger partial charge in [-0.1, -0.05) is 0 Å². The first-order chi connectivity index (χ1) is 13.2. The molecule has 0 radical (unpaired) electrons. The second kappa shape index (κ2) is 5.75. The van der Waals surface area contributed by atoms with E-state index in [1.165, 1.54) is 6.33 Å². The quantitative estimate of drug-likeness (QED) is 0.752. The number of anilines is 1. The van der Waals surface area contributed by atoms with Crippen molar-refractivity contribution in [3.05, 3.63) is 12.7 Å². The van der Waals surface area contributed by atoms with Gasteiger partial charge in [0.05, 0.1) is 25.1 Å². The molecule has 0 amide bonds. The number of nitrogens with two attached hydrogens (primary N) is 1. The number of aromatic nitrogens is 4. The molecule has 0 aromatic carbocycles. The van der Waals surface area contributed by atoms with E-state index in [2.05, 4.69) is 15.0 Å². The molecule has 152 valence electrons. The van der Waals surface area contributed by atoms with Crippen molar-refractivity contribution in [2.75, 3.05) is 25.2 Å². The second-order valence-corrected chi connectivity index (χ2v) is 11.3. The van der Waals surface area contributed by atoms with Gasteiger partial charge >= 0.3 is 0 Å². The molecule has 3 aliphatic rings. The second-order valence-electron chi connectivity index (χ2n) is 8.73. The Morgan fingerprint density at radius 1 is 1.36 bits per heavy atom. The fourth-order valence-electron chi connectivity index (χ4n) is 5.42. The van der Waals surface area contributed by atoms with Crippen LogP contribution in [0.3, 0.4) is 0 Å². The fraction of sp³-hybridized carbons (Fsp3) is 0.722. The predicted octanol–water partition coefficient (Wildman–Crippen LogP) is 2.43. The average Bonchev–Trinajstić information content (AvgIpc) is 2.87. The Bertz CT molecular complexity index is 994. The number of hydrogen-bond acceptors (Lipinski definition) is 8. The summed E-state index contributed by atoms with van der Waals surface area (Å²) in [6.45, 7) is 7.89. The van der Waals surface area contributed by atoms with E-state index in [1.807, 2.05) is 25.3 Å². The lowest BCUT2D eigenvalue weighted by Crippen LogP contribution is -2.33.